The number of carbonyl (C=O) groups is 1. The molecule has 2 N–H and O–H groups in total. The van der Waals surface area contributed by atoms with Gasteiger partial charge in [0.2, 0.25) is 5.95 Å². The Hall–Kier alpha value is -2.63. The molecule has 0 radical (unpaired) electrons. The van der Waals surface area contributed by atoms with Gasteiger partial charge in [0.15, 0.2) is 0 Å². The summed E-state index contributed by atoms with van der Waals surface area (Å²) in [6.45, 7) is 6.44. The summed E-state index contributed by atoms with van der Waals surface area (Å²) in [5.74, 6) is 1.16. The second kappa shape index (κ2) is 7.55. The number of anilines is 3. The number of piperidine rings is 1. The van der Waals surface area contributed by atoms with Gasteiger partial charge in [-0.25, -0.2) is 9.97 Å². The fourth-order valence-corrected chi connectivity index (χ4v) is 3.38. The van der Waals surface area contributed by atoms with Crippen LogP contribution in [0.25, 0.3) is 0 Å². The van der Waals surface area contributed by atoms with E-state index in [1.54, 1.807) is 6.07 Å². The van der Waals surface area contributed by atoms with Gasteiger partial charge >= 0.3 is 0 Å². The van der Waals surface area contributed by atoms with Crippen LogP contribution in [-0.2, 0) is 0 Å². The van der Waals surface area contributed by atoms with Crippen molar-refractivity contribution in [3.05, 3.63) is 41.7 Å². The molecule has 0 unspecified atom stereocenters. The maximum Gasteiger partial charge on any atom is 0.270 e. The molecule has 2 heterocycles. The number of benzene rings is 1. The van der Waals surface area contributed by atoms with Gasteiger partial charge in [0, 0.05) is 36.2 Å². The molecule has 1 aromatic heterocycles. The lowest BCUT2D eigenvalue weighted by Gasteiger charge is -2.32. The third-order valence-corrected chi connectivity index (χ3v) is 5.27. The Morgan fingerprint density at radius 2 is 1.78 bits per heavy atom. The molecule has 0 atom stereocenters. The molecule has 1 aromatic carbocycles. The first-order valence-corrected chi connectivity index (χ1v) is 9.85. The van der Waals surface area contributed by atoms with Gasteiger partial charge in [-0.2, -0.15) is 0 Å². The molecule has 2 aliphatic rings. The monoisotopic (exact) mass is 365 g/mol. The van der Waals surface area contributed by atoms with Gasteiger partial charge in [-0.05, 0) is 68.9 Å². The van der Waals surface area contributed by atoms with E-state index in [9.17, 15) is 4.79 Å². The smallest absolute Gasteiger partial charge is 0.270 e. The van der Waals surface area contributed by atoms with Crippen LogP contribution in [0, 0.1) is 12.8 Å². The third-order valence-electron chi connectivity index (χ3n) is 5.27. The Kier molecular flexibility index (Phi) is 4.97. The summed E-state index contributed by atoms with van der Waals surface area (Å²) in [7, 11) is 0. The Labute approximate surface area is 160 Å². The average molecular weight is 365 g/mol. The Morgan fingerprint density at radius 3 is 2.44 bits per heavy atom. The average Bonchev–Trinajstić information content (AvgIpc) is 3.47. The first kappa shape index (κ1) is 17.8. The van der Waals surface area contributed by atoms with E-state index in [0.29, 0.717) is 17.7 Å². The molecule has 1 amide bonds. The zero-order valence-electron chi connectivity index (χ0n) is 16.0. The predicted molar refractivity (Wildman–Crippen MR) is 108 cm³/mol. The van der Waals surface area contributed by atoms with Crippen LogP contribution in [0.3, 0.4) is 0 Å². The van der Waals surface area contributed by atoms with Crippen LogP contribution in [0.5, 0.6) is 0 Å². The molecule has 1 saturated heterocycles. The van der Waals surface area contributed by atoms with Crippen molar-refractivity contribution in [3.63, 3.8) is 0 Å². The summed E-state index contributed by atoms with van der Waals surface area (Å²) in [6.07, 6.45) is 4.62. The van der Waals surface area contributed by atoms with Crippen LogP contribution >= 0.6 is 0 Å². The molecule has 2 aromatic rings. The Bertz CT molecular complexity index is 808. The number of amides is 1. The first-order chi connectivity index (χ1) is 13.1. The van der Waals surface area contributed by atoms with E-state index >= 15 is 0 Å². The number of nitrogens with one attached hydrogen (secondary N) is 2. The van der Waals surface area contributed by atoms with Crippen molar-refractivity contribution in [2.45, 2.75) is 45.6 Å². The number of nitrogens with zero attached hydrogens (tertiary/aromatic N) is 3. The number of aromatic nitrogens is 2. The molecule has 0 spiro atoms. The second-order valence-electron chi connectivity index (χ2n) is 7.81. The van der Waals surface area contributed by atoms with E-state index in [4.69, 9.17) is 0 Å². The lowest BCUT2D eigenvalue weighted by atomic mass is 9.99. The van der Waals surface area contributed by atoms with E-state index in [2.05, 4.69) is 44.6 Å². The second-order valence-corrected chi connectivity index (χ2v) is 7.81. The molecule has 1 aliphatic carbocycles. The molecule has 2 fully saturated rings. The van der Waals surface area contributed by atoms with Crippen molar-refractivity contribution in [2.24, 2.45) is 5.92 Å². The summed E-state index contributed by atoms with van der Waals surface area (Å²) < 4.78 is 0. The fraction of sp³-hybridized carbons (Fsp3) is 0.476. The van der Waals surface area contributed by atoms with Crippen LogP contribution in [0.1, 0.15) is 48.8 Å². The summed E-state index contributed by atoms with van der Waals surface area (Å²) in [6, 6.07) is 10.4. The highest BCUT2D eigenvalue weighted by Gasteiger charge is 2.24. The van der Waals surface area contributed by atoms with Crippen LogP contribution in [0.15, 0.2) is 30.3 Å². The fourth-order valence-electron chi connectivity index (χ4n) is 3.38. The van der Waals surface area contributed by atoms with E-state index in [-0.39, 0.29) is 5.91 Å². The minimum absolute atomic E-state index is 0.124. The molecule has 142 valence electrons. The van der Waals surface area contributed by atoms with Crippen LogP contribution in [0.4, 0.5) is 17.3 Å². The van der Waals surface area contributed by atoms with E-state index in [1.807, 2.05) is 19.1 Å². The zero-order valence-corrected chi connectivity index (χ0v) is 16.0. The maximum atomic E-state index is 12.3. The minimum Gasteiger partial charge on any atom is -0.372 e. The summed E-state index contributed by atoms with van der Waals surface area (Å²) in [4.78, 5) is 23.5. The first-order valence-electron chi connectivity index (χ1n) is 9.85. The van der Waals surface area contributed by atoms with Crippen molar-refractivity contribution >= 4 is 23.2 Å². The summed E-state index contributed by atoms with van der Waals surface area (Å²) >= 11 is 0. The van der Waals surface area contributed by atoms with E-state index in [0.717, 1.165) is 43.2 Å². The summed E-state index contributed by atoms with van der Waals surface area (Å²) in [5.41, 5.74) is 3.36. The van der Waals surface area contributed by atoms with Gasteiger partial charge in [-0.3, -0.25) is 4.79 Å². The van der Waals surface area contributed by atoms with Gasteiger partial charge in [-0.1, -0.05) is 6.92 Å². The molecule has 0 bridgehead atoms. The lowest BCUT2D eigenvalue weighted by Crippen LogP contribution is -2.32. The lowest BCUT2D eigenvalue weighted by molar-refractivity contribution is 0.0946. The van der Waals surface area contributed by atoms with Crippen LogP contribution < -0.4 is 15.5 Å². The SMILES string of the molecule is Cc1cc(C(=O)NC2CC2)nc(Nc2ccc(N3CCC(C)CC3)cc2)n1. The molecule has 6 heteroatoms. The number of rotatable bonds is 5. The number of hydrogen-bond donors (Lipinski definition) is 2. The third kappa shape index (κ3) is 4.56. The molecule has 27 heavy (non-hydrogen) atoms. The molecule has 4 rings (SSSR count). The quantitative estimate of drug-likeness (QED) is 0.846. The van der Waals surface area contributed by atoms with Crippen molar-refractivity contribution < 1.29 is 4.79 Å². The molecular formula is C21H27N5O. The summed E-state index contributed by atoms with van der Waals surface area (Å²) in [5, 5.41) is 6.20. The molecule has 1 saturated carbocycles. The largest absolute Gasteiger partial charge is 0.372 e. The Balaban J connectivity index is 1.44. The number of carbonyl (C=O) groups excluding carboxylic acids is 1. The topological polar surface area (TPSA) is 70.2 Å². The molecular weight excluding hydrogens is 338 g/mol. The highest BCUT2D eigenvalue weighted by molar-refractivity contribution is 5.93. The minimum atomic E-state index is -0.124. The normalized spacial score (nSPS) is 17.6. The van der Waals surface area contributed by atoms with Crippen LogP contribution in [0.2, 0.25) is 0 Å². The van der Waals surface area contributed by atoms with Crippen molar-refractivity contribution in [1.82, 2.24) is 15.3 Å². The zero-order chi connectivity index (χ0) is 18.8. The van der Waals surface area contributed by atoms with Crippen molar-refractivity contribution in [1.29, 1.82) is 0 Å². The van der Waals surface area contributed by atoms with Gasteiger partial charge in [0.25, 0.3) is 5.91 Å². The maximum absolute atomic E-state index is 12.3. The number of hydrogen-bond acceptors (Lipinski definition) is 5. The van der Waals surface area contributed by atoms with Crippen LogP contribution in [-0.4, -0.2) is 35.0 Å². The molecule has 6 nitrogen and oxygen atoms in total. The van der Waals surface area contributed by atoms with Gasteiger partial charge < -0.3 is 15.5 Å². The Morgan fingerprint density at radius 1 is 1.07 bits per heavy atom. The van der Waals surface area contributed by atoms with Gasteiger partial charge in [0.05, 0.1) is 0 Å². The standard InChI is InChI=1S/C21H27N5O/c1-14-9-11-26(12-10-14)18-7-5-17(6-8-18)24-21-22-15(2)13-19(25-21)20(27)23-16-3-4-16/h5-8,13-14,16H,3-4,9-12H2,1-2H3,(H,23,27)(H,22,24,25). The number of aryl methyl sites for hydroxylation is 1. The molecule has 1 aliphatic heterocycles. The highest BCUT2D eigenvalue weighted by atomic mass is 16.2. The van der Waals surface area contributed by atoms with Gasteiger partial charge in [-0.15, -0.1) is 0 Å². The van der Waals surface area contributed by atoms with E-state index in [1.165, 1.54) is 18.5 Å². The highest BCUT2D eigenvalue weighted by Crippen LogP contribution is 2.25. The van der Waals surface area contributed by atoms with E-state index < -0.39 is 0 Å². The predicted octanol–water partition coefficient (Wildman–Crippen LogP) is 3.66. The van der Waals surface area contributed by atoms with Crippen molar-refractivity contribution in [3.8, 4) is 0 Å². The van der Waals surface area contributed by atoms with Gasteiger partial charge in [0.1, 0.15) is 5.69 Å². The van der Waals surface area contributed by atoms with Crippen molar-refractivity contribution in [2.75, 3.05) is 23.3 Å².